The summed E-state index contributed by atoms with van der Waals surface area (Å²) in [5.74, 6) is 0. The molecule has 6 heavy (non-hydrogen) atoms. The molecule has 0 aliphatic carbocycles. The number of halogens is 1. The van der Waals surface area contributed by atoms with Crippen LogP contribution in [0, 0.1) is 0 Å². The largest absolute Gasteiger partial charge is 0.325 e. The SMILES string of the molecule is C=C[C@H](C)N.Cl. The molecular formula is C4H10ClN. The minimum absolute atomic E-state index is 0. The second-order valence-electron chi connectivity index (χ2n) is 1.09. The van der Waals surface area contributed by atoms with Crippen molar-refractivity contribution in [1.29, 1.82) is 0 Å². The molecule has 0 unspecified atom stereocenters. The molecule has 0 aromatic carbocycles. The number of hydrogen-bond acceptors (Lipinski definition) is 1. The van der Waals surface area contributed by atoms with Gasteiger partial charge in [0.1, 0.15) is 0 Å². The van der Waals surface area contributed by atoms with Crippen molar-refractivity contribution in [3.63, 3.8) is 0 Å². The highest BCUT2D eigenvalue weighted by molar-refractivity contribution is 5.85. The molecular weight excluding hydrogens is 97.5 g/mol. The Bertz CT molecular complexity index is 34.5. The van der Waals surface area contributed by atoms with Crippen molar-refractivity contribution in [2.24, 2.45) is 5.73 Å². The standard InChI is InChI=1S/C4H9N.ClH/c1-3-4(2)5;/h3-4H,1,5H2,2H3;1H/t4-;/m0./s1. The molecule has 0 rings (SSSR count). The van der Waals surface area contributed by atoms with Crippen LogP contribution in [0.4, 0.5) is 0 Å². The molecule has 38 valence electrons. The second-order valence-corrected chi connectivity index (χ2v) is 1.09. The molecule has 0 bridgehead atoms. The van der Waals surface area contributed by atoms with Gasteiger partial charge in [-0.15, -0.1) is 19.0 Å². The second kappa shape index (κ2) is 4.99. The third-order valence-electron chi connectivity index (χ3n) is 0.372. The predicted octanol–water partition coefficient (Wildman–Crippen LogP) is 0.941. The van der Waals surface area contributed by atoms with Crippen LogP contribution in [0.1, 0.15) is 6.92 Å². The van der Waals surface area contributed by atoms with E-state index < -0.39 is 0 Å². The van der Waals surface area contributed by atoms with Gasteiger partial charge >= 0.3 is 0 Å². The zero-order valence-electron chi connectivity index (χ0n) is 3.85. The Labute approximate surface area is 44.6 Å². The first-order valence-electron chi connectivity index (χ1n) is 1.65. The van der Waals surface area contributed by atoms with Crippen LogP contribution in [0.3, 0.4) is 0 Å². The monoisotopic (exact) mass is 107 g/mol. The molecule has 2 heteroatoms. The zero-order chi connectivity index (χ0) is 4.28. The zero-order valence-corrected chi connectivity index (χ0v) is 4.66. The van der Waals surface area contributed by atoms with Gasteiger partial charge in [0.05, 0.1) is 0 Å². The predicted molar refractivity (Wildman–Crippen MR) is 31.1 cm³/mol. The molecule has 0 aromatic heterocycles. The van der Waals surface area contributed by atoms with E-state index in [1.165, 1.54) is 0 Å². The van der Waals surface area contributed by atoms with E-state index in [0.29, 0.717) is 0 Å². The summed E-state index contributed by atoms with van der Waals surface area (Å²) in [5.41, 5.74) is 5.17. The van der Waals surface area contributed by atoms with Gasteiger partial charge in [-0.25, -0.2) is 0 Å². The van der Waals surface area contributed by atoms with Gasteiger partial charge in [0.15, 0.2) is 0 Å². The van der Waals surface area contributed by atoms with E-state index in [0.717, 1.165) is 0 Å². The lowest BCUT2D eigenvalue weighted by Crippen LogP contribution is -2.09. The van der Waals surface area contributed by atoms with Crippen LogP contribution in [-0.4, -0.2) is 6.04 Å². The number of nitrogens with two attached hydrogens (primary N) is 1. The Morgan fingerprint density at radius 3 is 2.00 bits per heavy atom. The van der Waals surface area contributed by atoms with Crippen molar-refractivity contribution in [3.8, 4) is 0 Å². The van der Waals surface area contributed by atoms with Gasteiger partial charge in [0.2, 0.25) is 0 Å². The van der Waals surface area contributed by atoms with Crippen molar-refractivity contribution in [2.75, 3.05) is 0 Å². The van der Waals surface area contributed by atoms with Gasteiger partial charge in [0.25, 0.3) is 0 Å². The van der Waals surface area contributed by atoms with Crippen LogP contribution in [0.5, 0.6) is 0 Å². The minimum Gasteiger partial charge on any atom is -0.325 e. The molecule has 0 saturated heterocycles. The summed E-state index contributed by atoms with van der Waals surface area (Å²) in [6.07, 6.45) is 1.69. The van der Waals surface area contributed by atoms with Gasteiger partial charge in [-0.3, -0.25) is 0 Å². The third kappa shape index (κ3) is 9.01. The Morgan fingerprint density at radius 1 is 1.83 bits per heavy atom. The summed E-state index contributed by atoms with van der Waals surface area (Å²) in [5, 5.41) is 0. The Balaban J connectivity index is 0. The van der Waals surface area contributed by atoms with Crippen LogP contribution in [0.2, 0.25) is 0 Å². The minimum atomic E-state index is 0. The first-order valence-corrected chi connectivity index (χ1v) is 1.65. The topological polar surface area (TPSA) is 26.0 Å². The fourth-order valence-corrected chi connectivity index (χ4v) is 0. The van der Waals surface area contributed by atoms with E-state index in [4.69, 9.17) is 5.73 Å². The molecule has 0 aliphatic rings. The molecule has 0 spiro atoms. The fraction of sp³-hybridized carbons (Fsp3) is 0.500. The van der Waals surface area contributed by atoms with E-state index in [2.05, 4.69) is 6.58 Å². The first kappa shape index (κ1) is 9.37. The summed E-state index contributed by atoms with van der Waals surface area (Å²) in [6.45, 7) is 5.32. The molecule has 1 nitrogen and oxygen atoms in total. The molecule has 0 aromatic rings. The molecule has 0 heterocycles. The quantitative estimate of drug-likeness (QED) is 0.496. The fourth-order valence-electron chi connectivity index (χ4n) is 0. The lowest BCUT2D eigenvalue weighted by atomic mass is 10.4. The summed E-state index contributed by atoms with van der Waals surface area (Å²) < 4.78 is 0. The molecule has 0 amide bonds. The van der Waals surface area contributed by atoms with Crippen molar-refractivity contribution in [1.82, 2.24) is 0 Å². The van der Waals surface area contributed by atoms with Gasteiger partial charge in [0, 0.05) is 6.04 Å². The summed E-state index contributed by atoms with van der Waals surface area (Å²) >= 11 is 0. The lowest BCUT2D eigenvalue weighted by Gasteiger charge is -1.85. The highest BCUT2D eigenvalue weighted by atomic mass is 35.5. The van der Waals surface area contributed by atoms with E-state index in [9.17, 15) is 0 Å². The van der Waals surface area contributed by atoms with E-state index in [1.54, 1.807) is 6.08 Å². The highest BCUT2D eigenvalue weighted by Gasteiger charge is 1.73. The maximum absolute atomic E-state index is 5.17. The Hall–Kier alpha value is -0.0100. The Kier molecular flexibility index (Phi) is 7.79. The van der Waals surface area contributed by atoms with Gasteiger partial charge in [-0.1, -0.05) is 6.08 Å². The van der Waals surface area contributed by atoms with Gasteiger partial charge < -0.3 is 5.73 Å². The van der Waals surface area contributed by atoms with E-state index >= 15 is 0 Å². The van der Waals surface area contributed by atoms with Crippen LogP contribution in [-0.2, 0) is 0 Å². The molecule has 0 aliphatic heterocycles. The van der Waals surface area contributed by atoms with Crippen LogP contribution < -0.4 is 5.73 Å². The van der Waals surface area contributed by atoms with Crippen LogP contribution >= 0.6 is 12.4 Å². The average Bonchev–Trinajstić information content (AvgIpc) is 1.38. The number of rotatable bonds is 1. The summed E-state index contributed by atoms with van der Waals surface area (Å²) in [6, 6.07) is 0.148. The Morgan fingerprint density at radius 2 is 2.00 bits per heavy atom. The first-order chi connectivity index (χ1) is 2.27. The van der Waals surface area contributed by atoms with Crippen molar-refractivity contribution < 1.29 is 0 Å². The normalized spacial score (nSPS) is 11.7. The maximum atomic E-state index is 5.17. The molecule has 0 fully saturated rings. The highest BCUT2D eigenvalue weighted by Crippen LogP contribution is 1.67. The smallest absolute Gasteiger partial charge is 0.0192 e. The lowest BCUT2D eigenvalue weighted by molar-refractivity contribution is 0.929. The molecule has 0 radical (unpaired) electrons. The van der Waals surface area contributed by atoms with Gasteiger partial charge in [-0.2, -0.15) is 0 Å². The average molecular weight is 108 g/mol. The molecule has 0 saturated carbocycles. The molecule has 1 atom stereocenters. The van der Waals surface area contributed by atoms with Crippen LogP contribution in [0.25, 0.3) is 0 Å². The van der Waals surface area contributed by atoms with E-state index in [-0.39, 0.29) is 18.4 Å². The van der Waals surface area contributed by atoms with E-state index in [1.807, 2.05) is 6.92 Å². The molecule has 2 N–H and O–H groups in total. The summed E-state index contributed by atoms with van der Waals surface area (Å²) in [7, 11) is 0. The summed E-state index contributed by atoms with van der Waals surface area (Å²) in [4.78, 5) is 0. The van der Waals surface area contributed by atoms with Gasteiger partial charge in [-0.05, 0) is 6.92 Å². The van der Waals surface area contributed by atoms with Crippen molar-refractivity contribution >= 4 is 12.4 Å². The van der Waals surface area contributed by atoms with Crippen molar-refractivity contribution in [3.05, 3.63) is 12.7 Å². The maximum Gasteiger partial charge on any atom is 0.0192 e. The third-order valence-corrected chi connectivity index (χ3v) is 0.372. The van der Waals surface area contributed by atoms with Crippen molar-refractivity contribution in [2.45, 2.75) is 13.0 Å². The number of hydrogen-bond donors (Lipinski definition) is 1. The van der Waals surface area contributed by atoms with Crippen LogP contribution in [0.15, 0.2) is 12.7 Å².